The van der Waals surface area contributed by atoms with E-state index in [9.17, 15) is 50.0 Å². The first kappa shape index (κ1) is 51.5. The van der Waals surface area contributed by atoms with Gasteiger partial charge in [-0.05, 0) is 44.9 Å². The monoisotopic (exact) mass is 806 g/mol. The van der Waals surface area contributed by atoms with Gasteiger partial charge in [-0.25, -0.2) is 4.57 Å². The normalized spacial score (nSPS) is 24.8. The molecule has 0 aromatic carbocycles. The lowest BCUT2D eigenvalue weighted by atomic mass is 9.85. The summed E-state index contributed by atoms with van der Waals surface area (Å²) in [4.78, 5) is 23.2. The fourth-order valence-corrected chi connectivity index (χ4v) is 7.41. The summed E-state index contributed by atoms with van der Waals surface area (Å²) >= 11 is 0. The number of aliphatic hydroxyl groups excluding tert-OH is 7. The Hall–Kier alpha value is -1.48. The van der Waals surface area contributed by atoms with Gasteiger partial charge in [0.05, 0.1) is 31.3 Å². The van der Waals surface area contributed by atoms with E-state index in [-0.39, 0.29) is 6.42 Å². The minimum Gasteiger partial charge on any atom is -0.393 e. The number of hydrogen-bond acceptors (Lipinski definition) is 11. The molecule has 322 valence electrons. The van der Waals surface area contributed by atoms with Crippen LogP contribution in [-0.4, -0.2) is 108 Å². The van der Waals surface area contributed by atoms with Crippen LogP contribution in [0, 0.1) is 0 Å². The predicted octanol–water partition coefficient (Wildman–Crippen LogP) is 5.80. The average Bonchev–Trinajstić information content (AvgIpc) is 3.15. The van der Waals surface area contributed by atoms with Gasteiger partial charge in [-0.3, -0.25) is 13.8 Å². The summed E-state index contributed by atoms with van der Waals surface area (Å²) in [6.07, 6.45) is 19.9. The van der Waals surface area contributed by atoms with Crippen LogP contribution in [0.2, 0.25) is 0 Å². The van der Waals surface area contributed by atoms with E-state index in [1.54, 1.807) is 6.08 Å². The Kier molecular flexibility index (Phi) is 29.5. The molecule has 1 aliphatic carbocycles. The molecule has 0 aromatic rings. The third kappa shape index (κ3) is 24.1. The summed E-state index contributed by atoms with van der Waals surface area (Å²) in [6.45, 7) is 3.64. The van der Waals surface area contributed by atoms with Crippen LogP contribution in [0.15, 0.2) is 36.5 Å². The van der Waals surface area contributed by atoms with Gasteiger partial charge in [-0.1, -0.05) is 140 Å². The van der Waals surface area contributed by atoms with Gasteiger partial charge in [0.1, 0.15) is 36.6 Å². The van der Waals surface area contributed by atoms with Crippen LogP contribution in [0.1, 0.15) is 155 Å². The van der Waals surface area contributed by atoms with Crippen molar-refractivity contribution in [3.63, 3.8) is 0 Å². The number of amides is 1. The molecule has 55 heavy (non-hydrogen) atoms. The maximum absolute atomic E-state index is 12.9. The zero-order chi connectivity index (χ0) is 40.9. The number of carbonyl (C=O) groups is 1. The van der Waals surface area contributed by atoms with Gasteiger partial charge in [-0.15, -0.1) is 0 Å². The molecule has 1 amide bonds. The van der Waals surface area contributed by atoms with Gasteiger partial charge in [0.25, 0.3) is 0 Å². The van der Waals surface area contributed by atoms with Gasteiger partial charge in [0.2, 0.25) is 5.91 Å². The molecule has 9 N–H and O–H groups in total. The van der Waals surface area contributed by atoms with Crippen LogP contribution in [-0.2, 0) is 18.4 Å². The Morgan fingerprint density at radius 2 is 1.07 bits per heavy atom. The standard InChI is InChI=1S/C41H76NO12P/c1-3-5-7-9-11-12-13-14-15-16-17-18-19-20-21-23-25-27-29-34(44)33(42-35(45)30-32(43)28-26-24-22-10-8-6-4-2)31-53-55(51,52)54-41-39(49)37(47)36(46)38(48)40(41)50/h16-17,20-21,27,29,32-34,36-41,43-44,46-50H,3-15,18-19,22-26,28,30-31H2,1-2H3,(H,42,45)(H,51,52)/b17-16+,21-20+,29-27+. The van der Waals surface area contributed by atoms with E-state index < -0.39 is 75.2 Å². The van der Waals surface area contributed by atoms with Crippen molar-refractivity contribution in [3.05, 3.63) is 36.5 Å². The third-order valence-electron chi connectivity index (χ3n) is 9.96. The van der Waals surface area contributed by atoms with E-state index in [1.165, 1.54) is 70.3 Å². The van der Waals surface area contributed by atoms with Gasteiger partial charge in [-0.2, -0.15) is 0 Å². The first-order valence-electron chi connectivity index (χ1n) is 21.0. The van der Waals surface area contributed by atoms with E-state index in [4.69, 9.17) is 9.05 Å². The van der Waals surface area contributed by atoms with Crippen molar-refractivity contribution in [3.8, 4) is 0 Å². The third-order valence-corrected chi connectivity index (χ3v) is 10.9. The topological polar surface area (TPSA) is 226 Å². The van der Waals surface area contributed by atoms with Gasteiger partial charge < -0.3 is 46.0 Å². The molecule has 1 rings (SSSR count). The number of carbonyl (C=O) groups excluding carboxylic acids is 1. The van der Waals surface area contributed by atoms with Crippen molar-refractivity contribution in [1.29, 1.82) is 0 Å². The molecule has 0 bridgehead atoms. The summed E-state index contributed by atoms with van der Waals surface area (Å²) in [5.74, 6) is -0.613. The Bertz CT molecular complexity index is 1090. The SMILES string of the molecule is CCCCCCCCCC/C=C/CC/C=C/CC/C=C/C(O)C(COP(=O)(O)OC1C(O)C(O)C(O)C(O)C1O)NC(=O)CC(O)CCCCCCCCC. The summed E-state index contributed by atoms with van der Waals surface area (Å²) < 4.78 is 22.7. The lowest BCUT2D eigenvalue weighted by molar-refractivity contribution is -0.220. The van der Waals surface area contributed by atoms with E-state index in [2.05, 4.69) is 43.5 Å². The number of phosphoric acid groups is 1. The lowest BCUT2D eigenvalue weighted by Gasteiger charge is -2.41. The van der Waals surface area contributed by atoms with Crippen molar-refractivity contribution in [2.24, 2.45) is 0 Å². The largest absolute Gasteiger partial charge is 0.472 e. The Morgan fingerprint density at radius 1 is 0.636 bits per heavy atom. The first-order chi connectivity index (χ1) is 26.3. The summed E-state index contributed by atoms with van der Waals surface area (Å²) in [6, 6.07) is -1.26. The maximum atomic E-state index is 12.9. The molecule has 8 atom stereocenters. The Balaban J connectivity index is 2.63. The quantitative estimate of drug-likeness (QED) is 0.0218. The molecule has 0 radical (unpaired) electrons. The Labute approximate surface area is 330 Å². The fraction of sp³-hybridized carbons (Fsp3) is 0.829. The second-order valence-electron chi connectivity index (χ2n) is 15.0. The number of hydrogen-bond donors (Lipinski definition) is 9. The second kappa shape index (κ2) is 31.5. The van der Waals surface area contributed by atoms with Crippen LogP contribution in [0.25, 0.3) is 0 Å². The highest BCUT2D eigenvalue weighted by Gasteiger charge is 2.51. The van der Waals surface area contributed by atoms with Crippen molar-refractivity contribution < 1.29 is 59.0 Å². The number of unbranched alkanes of at least 4 members (excludes halogenated alkanes) is 16. The van der Waals surface area contributed by atoms with E-state index in [0.29, 0.717) is 19.3 Å². The highest BCUT2D eigenvalue weighted by Crippen LogP contribution is 2.47. The van der Waals surface area contributed by atoms with Crippen molar-refractivity contribution in [1.82, 2.24) is 5.32 Å². The Morgan fingerprint density at radius 3 is 1.60 bits per heavy atom. The lowest BCUT2D eigenvalue weighted by Crippen LogP contribution is -2.64. The molecule has 0 aromatic heterocycles. The number of phosphoric ester groups is 1. The highest BCUT2D eigenvalue weighted by molar-refractivity contribution is 7.47. The van der Waals surface area contributed by atoms with Crippen molar-refractivity contribution in [2.75, 3.05) is 6.61 Å². The predicted molar refractivity (Wildman–Crippen MR) is 215 cm³/mol. The maximum Gasteiger partial charge on any atom is 0.472 e. The highest BCUT2D eigenvalue weighted by atomic mass is 31.2. The number of nitrogens with one attached hydrogen (secondary N) is 1. The zero-order valence-electron chi connectivity index (χ0n) is 33.6. The molecule has 13 nitrogen and oxygen atoms in total. The molecule has 0 spiro atoms. The van der Waals surface area contributed by atoms with E-state index >= 15 is 0 Å². The van der Waals surface area contributed by atoms with Crippen molar-refractivity contribution in [2.45, 2.75) is 210 Å². The van der Waals surface area contributed by atoms with Gasteiger partial charge >= 0.3 is 7.82 Å². The molecule has 1 saturated carbocycles. The molecule has 8 unspecified atom stereocenters. The van der Waals surface area contributed by atoms with E-state index in [1.807, 2.05) is 0 Å². The minimum atomic E-state index is -5.14. The van der Waals surface area contributed by atoms with Crippen LogP contribution in [0.5, 0.6) is 0 Å². The van der Waals surface area contributed by atoms with Gasteiger partial charge in [0.15, 0.2) is 0 Å². The summed E-state index contributed by atoms with van der Waals surface area (Å²) in [5, 5.41) is 74.0. The van der Waals surface area contributed by atoms with Gasteiger partial charge in [0, 0.05) is 0 Å². The summed E-state index contributed by atoms with van der Waals surface area (Å²) in [5.41, 5.74) is 0. The number of aliphatic hydroxyl groups is 7. The van der Waals surface area contributed by atoms with Crippen LogP contribution < -0.4 is 5.32 Å². The minimum absolute atomic E-state index is 0.256. The van der Waals surface area contributed by atoms with E-state index in [0.717, 1.165) is 51.4 Å². The molecule has 14 heteroatoms. The first-order valence-corrected chi connectivity index (χ1v) is 22.5. The zero-order valence-corrected chi connectivity index (χ0v) is 34.5. The molecular weight excluding hydrogens is 729 g/mol. The smallest absolute Gasteiger partial charge is 0.393 e. The summed E-state index contributed by atoms with van der Waals surface area (Å²) in [7, 11) is -5.14. The molecule has 0 saturated heterocycles. The molecular formula is C41H76NO12P. The average molecular weight is 806 g/mol. The van der Waals surface area contributed by atoms with Crippen LogP contribution in [0.3, 0.4) is 0 Å². The molecule has 1 fully saturated rings. The second-order valence-corrected chi connectivity index (χ2v) is 16.4. The molecule has 1 aliphatic rings. The van der Waals surface area contributed by atoms with Crippen LogP contribution in [0.4, 0.5) is 0 Å². The molecule has 0 aliphatic heterocycles. The van der Waals surface area contributed by atoms with Crippen LogP contribution >= 0.6 is 7.82 Å². The number of allylic oxidation sites excluding steroid dienone is 5. The van der Waals surface area contributed by atoms with Crippen molar-refractivity contribution >= 4 is 13.7 Å². The fourth-order valence-electron chi connectivity index (χ4n) is 6.45. The molecule has 0 heterocycles. The number of rotatable bonds is 33.